The van der Waals surface area contributed by atoms with Gasteiger partial charge in [-0.1, -0.05) is 0 Å². The Balaban J connectivity index is 1.76. The lowest BCUT2D eigenvalue weighted by Crippen LogP contribution is -2.22. The minimum atomic E-state index is -0.796. The standard InChI is InChI=1S/C13H16F2O4/c14-11-7-9(16)8-12(15)10(11)4-6-18-19-13-3-1-2-5-17-13/h7-8,13,16H,1-6H2. The maximum atomic E-state index is 13.4. The highest BCUT2D eigenvalue weighted by Gasteiger charge is 2.16. The summed E-state index contributed by atoms with van der Waals surface area (Å²) < 4.78 is 32.0. The molecule has 0 aliphatic carbocycles. The third-order valence-electron chi connectivity index (χ3n) is 2.87. The fourth-order valence-electron chi connectivity index (χ4n) is 1.88. The van der Waals surface area contributed by atoms with Crippen molar-refractivity contribution in [2.24, 2.45) is 0 Å². The SMILES string of the molecule is Oc1cc(F)c(CCOOC2CCCCO2)c(F)c1. The molecule has 6 heteroatoms. The maximum absolute atomic E-state index is 13.4. The van der Waals surface area contributed by atoms with Gasteiger partial charge in [-0.3, -0.25) is 0 Å². The Bertz CT molecular complexity index is 396. The molecule has 1 N–H and O–H groups in total. The highest BCUT2D eigenvalue weighted by atomic mass is 19.1. The van der Waals surface area contributed by atoms with Gasteiger partial charge < -0.3 is 9.84 Å². The van der Waals surface area contributed by atoms with Gasteiger partial charge in [0.15, 0.2) is 6.29 Å². The van der Waals surface area contributed by atoms with Crippen LogP contribution in [-0.2, 0) is 20.9 Å². The van der Waals surface area contributed by atoms with E-state index in [0.29, 0.717) is 6.61 Å². The van der Waals surface area contributed by atoms with E-state index in [1.54, 1.807) is 0 Å². The van der Waals surface area contributed by atoms with Gasteiger partial charge in [0.1, 0.15) is 17.4 Å². The van der Waals surface area contributed by atoms with E-state index in [4.69, 9.17) is 19.6 Å². The summed E-state index contributed by atoms with van der Waals surface area (Å²) in [6.07, 6.45) is 2.38. The van der Waals surface area contributed by atoms with Crippen LogP contribution in [0.2, 0.25) is 0 Å². The average Bonchev–Trinajstić information content (AvgIpc) is 2.38. The summed E-state index contributed by atoms with van der Waals surface area (Å²) in [6, 6.07) is 1.73. The van der Waals surface area contributed by atoms with E-state index < -0.39 is 23.7 Å². The Kier molecular flexibility index (Phi) is 5.07. The summed E-state index contributed by atoms with van der Waals surface area (Å²) in [5.74, 6) is -2.03. The molecule has 1 aliphatic rings. The summed E-state index contributed by atoms with van der Waals surface area (Å²) in [5, 5.41) is 9.01. The normalized spacial score (nSPS) is 19.6. The maximum Gasteiger partial charge on any atom is 0.191 e. The van der Waals surface area contributed by atoms with Crippen LogP contribution in [0.15, 0.2) is 12.1 Å². The average molecular weight is 274 g/mol. The first-order chi connectivity index (χ1) is 9.16. The van der Waals surface area contributed by atoms with Crippen LogP contribution in [0.3, 0.4) is 0 Å². The quantitative estimate of drug-likeness (QED) is 0.509. The number of phenols is 1. The van der Waals surface area contributed by atoms with E-state index in [2.05, 4.69) is 0 Å². The lowest BCUT2D eigenvalue weighted by Gasteiger charge is -2.21. The topological polar surface area (TPSA) is 47.9 Å². The van der Waals surface area contributed by atoms with Crippen molar-refractivity contribution in [1.29, 1.82) is 0 Å². The summed E-state index contributed by atoms with van der Waals surface area (Å²) in [6.45, 7) is 0.647. The largest absolute Gasteiger partial charge is 0.508 e. The molecule has 0 bridgehead atoms. The zero-order valence-corrected chi connectivity index (χ0v) is 10.4. The van der Waals surface area contributed by atoms with E-state index in [1.165, 1.54) is 0 Å². The van der Waals surface area contributed by atoms with Crippen molar-refractivity contribution >= 4 is 0 Å². The third kappa shape index (κ3) is 4.12. The van der Waals surface area contributed by atoms with Gasteiger partial charge >= 0.3 is 0 Å². The molecule has 0 amide bonds. The molecule has 19 heavy (non-hydrogen) atoms. The Hall–Kier alpha value is -1.24. The Morgan fingerprint density at radius 3 is 2.63 bits per heavy atom. The fraction of sp³-hybridized carbons (Fsp3) is 0.538. The summed E-state index contributed by atoms with van der Waals surface area (Å²) in [7, 11) is 0. The van der Waals surface area contributed by atoms with Crippen molar-refractivity contribution < 1.29 is 28.4 Å². The predicted octanol–water partition coefficient (Wildman–Crippen LogP) is 2.69. The number of hydrogen-bond acceptors (Lipinski definition) is 4. The second-order valence-electron chi connectivity index (χ2n) is 4.35. The van der Waals surface area contributed by atoms with Crippen LogP contribution in [0.1, 0.15) is 24.8 Å². The molecule has 0 spiro atoms. The number of ether oxygens (including phenoxy) is 1. The monoisotopic (exact) mass is 274 g/mol. The minimum Gasteiger partial charge on any atom is -0.508 e. The third-order valence-corrected chi connectivity index (χ3v) is 2.87. The van der Waals surface area contributed by atoms with Crippen LogP contribution in [0.25, 0.3) is 0 Å². The van der Waals surface area contributed by atoms with Crippen LogP contribution in [0, 0.1) is 11.6 Å². The summed E-state index contributed by atoms with van der Waals surface area (Å²) in [5.41, 5.74) is -0.133. The molecule has 0 aromatic heterocycles. The summed E-state index contributed by atoms with van der Waals surface area (Å²) in [4.78, 5) is 9.89. The number of benzene rings is 1. The first kappa shape index (κ1) is 14.2. The highest BCUT2D eigenvalue weighted by Crippen LogP contribution is 2.20. The lowest BCUT2D eigenvalue weighted by molar-refractivity contribution is -0.383. The van der Waals surface area contributed by atoms with Gasteiger partial charge in [-0.05, 0) is 12.8 Å². The first-order valence-electron chi connectivity index (χ1n) is 6.23. The van der Waals surface area contributed by atoms with Crippen molar-refractivity contribution in [3.05, 3.63) is 29.3 Å². The van der Waals surface area contributed by atoms with E-state index in [9.17, 15) is 8.78 Å². The van der Waals surface area contributed by atoms with Crippen molar-refractivity contribution in [1.82, 2.24) is 0 Å². The molecule has 1 aromatic carbocycles. The highest BCUT2D eigenvalue weighted by molar-refractivity contribution is 5.29. The van der Waals surface area contributed by atoms with Crippen LogP contribution in [0.4, 0.5) is 8.78 Å². The number of phenolic OH excluding ortho intramolecular Hbond substituents is 1. The molecule has 1 saturated heterocycles. The number of aromatic hydroxyl groups is 1. The van der Waals surface area contributed by atoms with Crippen LogP contribution in [-0.4, -0.2) is 24.6 Å². The Labute approximate surface area is 109 Å². The van der Waals surface area contributed by atoms with Gasteiger partial charge in [0.2, 0.25) is 0 Å². The van der Waals surface area contributed by atoms with Gasteiger partial charge in [-0.25, -0.2) is 18.6 Å². The molecule has 0 radical (unpaired) electrons. The molecular weight excluding hydrogens is 258 g/mol. The molecule has 2 rings (SSSR count). The molecule has 1 fully saturated rings. The molecule has 1 unspecified atom stereocenters. The molecular formula is C13H16F2O4. The molecule has 0 saturated carbocycles. The van der Waals surface area contributed by atoms with Crippen LogP contribution < -0.4 is 0 Å². The second-order valence-corrected chi connectivity index (χ2v) is 4.35. The molecule has 1 atom stereocenters. The van der Waals surface area contributed by atoms with Gasteiger partial charge in [0, 0.05) is 37.1 Å². The van der Waals surface area contributed by atoms with Crippen molar-refractivity contribution in [3.8, 4) is 5.75 Å². The Morgan fingerprint density at radius 2 is 2.00 bits per heavy atom. The van der Waals surface area contributed by atoms with E-state index in [0.717, 1.165) is 31.4 Å². The Morgan fingerprint density at radius 1 is 1.26 bits per heavy atom. The van der Waals surface area contributed by atoms with Gasteiger partial charge in [0.05, 0.1) is 6.61 Å². The predicted molar refractivity (Wildman–Crippen MR) is 62.4 cm³/mol. The summed E-state index contributed by atoms with van der Waals surface area (Å²) >= 11 is 0. The minimum absolute atomic E-state index is 0.0124. The zero-order valence-electron chi connectivity index (χ0n) is 10.4. The zero-order chi connectivity index (χ0) is 13.7. The second kappa shape index (κ2) is 6.79. The van der Waals surface area contributed by atoms with Crippen molar-refractivity contribution in [2.45, 2.75) is 32.0 Å². The van der Waals surface area contributed by atoms with Gasteiger partial charge in [0.25, 0.3) is 0 Å². The lowest BCUT2D eigenvalue weighted by atomic mass is 10.1. The van der Waals surface area contributed by atoms with E-state index in [-0.39, 0.29) is 18.6 Å². The van der Waals surface area contributed by atoms with Gasteiger partial charge in [-0.2, -0.15) is 0 Å². The van der Waals surface area contributed by atoms with E-state index in [1.807, 2.05) is 0 Å². The van der Waals surface area contributed by atoms with E-state index >= 15 is 0 Å². The van der Waals surface area contributed by atoms with Crippen LogP contribution in [0.5, 0.6) is 5.75 Å². The molecule has 1 aromatic rings. The number of halogens is 2. The van der Waals surface area contributed by atoms with Crippen molar-refractivity contribution in [2.75, 3.05) is 13.2 Å². The first-order valence-corrected chi connectivity index (χ1v) is 6.23. The van der Waals surface area contributed by atoms with Crippen molar-refractivity contribution in [3.63, 3.8) is 0 Å². The number of rotatable bonds is 5. The molecule has 1 heterocycles. The van der Waals surface area contributed by atoms with Gasteiger partial charge in [-0.15, -0.1) is 0 Å². The smallest absolute Gasteiger partial charge is 0.191 e. The molecule has 1 aliphatic heterocycles. The molecule has 106 valence electrons. The fourth-order valence-corrected chi connectivity index (χ4v) is 1.88. The molecule has 4 nitrogen and oxygen atoms in total. The van der Waals surface area contributed by atoms with Crippen LogP contribution >= 0.6 is 0 Å². The number of hydrogen-bond donors (Lipinski definition) is 1.